The Morgan fingerprint density at radius 2 is 1.80 bits per heavy atom. The van der Waals surface area contributed by atoms with Crippen molar-refractivity contribution in [1.82, 2.24) is 0 Å². The van der Waals surface area contributed by atoms with Crippen molar-refractivity contribution in [3.05, 3.63) is 0 Å². The summed E-state index contributed by atoms with van der Waals surface area (Å²) in [5.74, 6) is 0. The fraction of sp³-hybridized carbons (Fsp3) is 1.00. The summed E-state index contributed by atoms with van der Waals surface area (Å²) in [5.41, 5.74) is 0.249. The zero-order chi connectivity index (χ0) is 7.99. The second-order valence-electron chi connectivity index (χ2n) is 4.17. The molecule has 0 N–H and O–H groups in total. The van der Waals surface area contributed by atoms with Crippen LogP contribution in [0.25, 0.3) is 0 Å². The maximum Gasteiger partial charge on any atom is 0.359 e. The molecule has 1 saturated heterocycles. The Morgan fingerprint density at radius 3 is 1.90 bits per heavy atom. The molecule has 0 aromatic rings. The molecule has 0 aromatic heterocycles. The zero-order valence-corrected chi connectivity index (χ0v) is 8.03. The van der Waals surface area contributed by atoms with Gasteiger partial charge in [0.15, 0.2) is 0 Å². The van der Waals surface area contributed by atoms with Crippen LogP contribution >= 0.6 is 12.5 Å². The average Bonchev–Trinajstić information content (AvgIpc) is 1.73. The summed E-state index contributed by atoms with van der Waals surface area (Å²) in [4.78, 5) is 0. The van der Waals surface area contributed by atoms with Gasteiger partial charge in [-0.2, -0.15) is 12.5 Å². The highest BCUT2D eigenvalue weighted by molar-refractivity contribution is 8.09. The zero-order valence-electron chi connectivity index (χ0n) is 7.14. The van der Waals surface area contributed by atoms with Crippen LogP contribution in [0.1, 0.15) is 27.7 Å². The largest absolute Gasteiger partial charge is 0.420 e. The maximum atomic E-state index is 5.63. The van der Waals surface area contributed by atoms with E-state index < -0.39 is 0 Å². The Balaban J connectivity index is 2.78. The SMILES string of the molecule is CC1(C)CB(S)OC1(C)C. The van der Waals surface area contributed by atoms with Crippen LogP contribution in [-0.2, 0) is 4.65 Å². The van der Waals surface area contributed by atoms with Crippen molar-refractivity contribution in [2.45, 2.75) is 39.6 Å². The minimum Gasteiger partial charge on any atom is -0.420 e. The molecular weight excluding hydrogens is 143 g/mol. The summed E-state index contributed by atoms with van der Waals surface area (Å²) in [6.45, 7) is 8.71. The molecule has 1 nitrogen and oxygen atoms in total. The standard InChI is InChI=1S/C7H15BOS/c1-6(2)5-8(10)9-7(6,3)4/h10H,5H2,1-4H3. The van der Waals surface area contributed by atoms with Gasteiger partial charge in [-0.15, -0.1) is 0 Å². The smallest absolute Gasteiger partial charge is 0.359 e. The summed E-state index contributed by atoms with van der Waals surface area (Å²) in [6, 6.07) is 0. The van der Waals surface area contributed by atoms with Gasteiger partial charge in [-0.25, -0.2) is 0 Å². The molecule has 1 aliphatic rings. The topological polar surface area (TPSA) is 9.23 Å². The van der Waals surface area contributed by atoms with E-state index in [1.807, 2.05) is 0 Å². The molecule has 0 aromatic carbocycles. The van der Waals surface area contributed by atoms with E-state index in [9.17, 15) is 0 Å². The normalized spacial score (nSPS) is 29.1. The Labute approximate surface area is 68.9 Å². The van der Waals surface area contributed by atoms with E-state index in [1.165, 1.54) is 0 Å². The van der Waals surface area contributed by atoms with E-state index in [0.29, 0.717) is 0 Å². The lowest BCUT2D eigenvalue weighted by atomic mass is 9.71. The van der Waals surface area contributed by atoms with Crippen LogP contribution in [0.5, 0.6) is 0 Å². The summed E-state index contributed by atoms with van der Waals surface area (Å²) in [6.07, 6.45) is 1.17. The third-order valence-electron chi connectivity index (χ3n) is 2.75. The summed E-state index contributed by atoms with van der Waals surface area (Å²) in [7, 11) is 0. The van der Waals surface area contributed by atoms with Gasteiger partial charge in [0.1, 0.15) is 0 Å². The van der Waals surface area contributed by atoms with Gasteiger partial charge in [0.2, 0.25) is 0 Å². The fourth-order valence-electron chi connectivity index (χ4n) is 1.22. The van der Waals surface area contributed by atoms with Gasteiger partial charge in [0.25, 0.3) is 0 Å². The molecule has 0 aliphatic carbocycles. The molecule has 0 amide bonds. The van der Waals surface area contributed by atoms with Crippen LogP contribution in [0, 0.1) is 5.41 Å². The minimum absolute atomic E-state index is 0.0145. The highest BCUT2D eigenvalue weighted by atomic mass is 32.1. The Hall–Kier alpha value is 0.375. The van der Waals surface area contributed by atoms with Gasteiger partial charge in [-0.05, 0) is 25.6 Å². The Kier molecular flexibility index (Phi) is 1.85. The molecule has 10 heavy (non-hydrogen) atoms. The molecule has 0 spiro atoms. The first-order valence-corrected chi connectivity index (χ1v) is 4.23. The molecule has 58 valence electrons. The third kappa shape index (κ3) is 1.21. The molecule has 0 radical (unpaired) electrons. The van der Waals surface area contributed by atoms with E-state index in [2.05, 4.69) is 40.2 Å². The van der Waals surface area contributed by atoms with Crippen molar-refractivity contribution in [3.63, 3.8) is 0 Å². The van der Waals surface area contributed by atoms with Gasteiger partial charge < -0.3 is 4.65 Å². The first-order chi connectivity index (χ1) is 4.35. The van der Waals surface area contributed by atoms with Crippen molar-refractivity contribution < 1.29 is 4.65 Å². The molecule has 0 atom stereocenters. The molecule has 3 heteroatoms. The number of thiol groups is 1. The van der Waals surface area contributed by atoms with Crippen LogP contribution in [0.2, 0.25) is 6.32 Å². The van der Waals surface area contributed by atoms with E-state index >= 15 is 0 Å². The fourth-order valence-corrected chi connectivity index (χ4v) is 1.94. The first-order valence-electron chi connectivity index (χ1n) is 3.71. The maximum absolute atomic E-state index is 5.63. The Morgan fingerprint density at radius 1 is 1.30 bits per heavy atom. The molecule has 1 heterocycles. The molecular formula is C7H15BOS. The van der Waals surface area contributed by atoms with Crippen LogP contribution in [0.4, 0.5) is 0 Å². The van der Waals surface area contributed by atoms with E-state index in [1.54, 1.807) is 0 Å². The number of hydrogen-bond donors (Lipinski definition) is 1. The predicted molar refractivity (Wildman–Crippen MR) is 48.5 cm³/mol. The second-order valence-corrected chi connectivity index (χ2v) is 4.75. The van der Waals surface area contributed by atoms with Crippen molar-refractivity contribution in [2.75, 3.05) is 0 Å². The summed E-state index contributed by atoms with van der Waals surface area (Å²) >= 11 is 4.30. The lowest BCUT2D eigenvalue weighted by molar-refractivity contribution is 0.0386. The van der Waals surface area contributed by atoms with Crippen LogP contribution in [-0.4, -0.2) is 11.8 Å². The van der Waals surface area contributed by atoms with Crippen LogP contribution in [0.3, 0.4) is 0 Å². The molecule has 0 unspecified atom stereocenters. The van der Waals surface area contributed by atoms with Crippen molar-refractivity contribution >= 4 is 18.7 Å². The lowest BCUT2D eigenvalue weighted by Crippen LogP contribution is -2.34. The molecule has 1 aliphatic heterocycles. The average molecular weight is 158 g/mol. The van der Waals surface area contributed by atoms with Gasteiger partial charge in [0.05, 0.1) is 5.60 Å². The van der Waals surface area contributed by atoms with Crippen molar-refractivity contribution in [3.8, 4) is 0 Å². The Bertz CT molecular complexity index is 129. The van der Waals surface area contributed by atoms with E-state index in [-0.39, 0.29) is 17.2 Å². The number of rotatable bonds is 0. The summed E-state index contributed by atoms with van der Waals surface area (Å²) in [5, 5.41) is 0. The lowest BCUT2D eigenvalue weighted by Gasteiger charge is -2.33. The highest BCUT2D eigenvalue weighted by Gasteiger charge is 2.47. The van der Waals surface area contributed by atoms with Gasteiger partial charge >= 0.3 is 6.19 Å². The van der Waals surface area contributed by atoms with E-state index in [4.69, 9.17) is 4.65 Å². The first kappa shape index (κ1) is 8.47. The van der Waals surface area contributed by atoms with Gasteiger partial charge in [-0.3, -0.25) is 0 Å². The minimum atomic E-state index is -0.0145. The molecule has 1 rings (SSSR count). The molecule has 0 saturated carbocycles. The monoisotopic (exact) mass is 158 g/mol. The molecule has 1 fully saturated rings. The highest BCUT2D eigenvalue weighted by Crippen LogP contribution is 2.45. The predicted octanol–water partition coefficient (Wildman–Crippen LogP) is 2.24. The molecule has 0 bridgehead atoms. The van der Waals surface area contributed by atoms with Gasteiger partial charge in [-0.1, -0.05) is 13.8 Å². The van der Waals surface area contributed by atoms with Gasteiger partial charge in [0, 0.05) is 0 Å². The van der Waals surface area contributed by atoms with E-state index in [0.717, 1.165) is 6.32 Å². The summed E-state index contributed by atoms with van der Waals surface area (Å²) < 4.78 is 5.63. The van der Waals surface area contributed by atoms with Crippen molar-refractivity contribution in [1.29, 1.82) is 0 Å². The van der Waals surface area contributed by atoms with Crippen LogP contribution < -0.4 is 0 Å². The quantitative estimate of drug-likeness (QED) is 0.420. The third-order valence-corrected chi connectivity index (χ3v) is 3.03. The number of hydrogen-bond acceptors (Lipinski definition) is 2. The second kappa shape index (κ2) is 2.18. The van der Waals surface area contributed by atoms with Crippen molar-refractivity contribution in [2.24, 2.45) is 5.41 Å². The van der Waals surface area contributed by atoms with Crippen LogP contribution in [0.15, 0.2) is 0 Å².